The number of nitrogens with two attached hydrogens (primary N) is 1. The number of amides is 1. The molecule has 6 nitrogen and oxygen atoms in total. The molecule has 1 aromatic heterocycles. The summed E-state index contributed by atoms with van der Waals surface area (Å²) < 4.78 is 1.49. The highest BCUT2D eigenvalue weighted by atomic mass is 16.2. The number of hydrogen-bond acceptors (Lipinski definition) is 4. The zero-order valence-electron chi connectivity index (χ0n) is 10.3. The molecule has 2 unspecified atom stereocenters. The van der Waals surface area contributed by atoms with Crippen molar-refractivity contribution in [1.82, 2.24) is 19.7 Å². The number of carbonyl (C=O) groups excluding carboxylic acids is 1. The van der Waals surface area contributed by atoms with Crippen LogP contribution in [-0.2, 0) is 11.3 Å². The van der Waals surface area contributed by atoms with Gasteiger partial charge < -0.3 is 10.6 Å². The van der Waals surface area contributed by atoms with Gasteiger partial charge in [0.25, 0.3) is 0 Å². The standard InChI is InChI=1S/C11H19N5O/c1-8-3-9(2)5-15(4-8)10(17)6-16-7-13-11(12)14-16/h7-9H,3-6H2,1-2H3,(H2,12,14). The molecule has 1 fully saturated rings. The van der Waals surface area contributed by atoms with Crippen LogP contribution in [0.5, 0.6) is 0 Å². The van der Waals surface area contributed by atoms with Gasteiger partial charge in [-0.1, -0.05) is 13.8 Å². The van der Waals surface area contributed by atoms with Crippen LogP contribution in [0.2, 0.25) is 0 Å². The Morgan fingerprint density at radius 1 is 1.47 bits per heavy atom. The second-order valence-corrected chi connectivity index (χ2v) is 5.05. The minimum absolute atomic E-state index is 0.0910. The first-order chi connectivity index (χ1) is 8.04. The van der Waals surface area contributed by atoms with Gasteiger partial charge in [-0.2, -0.15) is 0 Å². The van der Waals surface area contributed by atoms with Gasteiger partial charge in [-0.25, -0.2) is 9.67 Å². The van der Waals surface area contributed by atoms with Crippen LogP contribution in [-0.4, -0.2) is 38.7 Å². The van der Waals surface area contributed by atoms with E-state index in [0.717, 1.165) is 13.1 Å². The maximum absolute atomic E-state index is 12.1. The molecule has 0 bridgehead atoms. The number of likely N-dealkylation sites (tertiary alicyclic amines) is 1. The molecule has 1 saturated heterocycles. The van der Waals surface area contributed by atoms with Crippen LogP contribution in [0.1, 0.15) is 20.3 Å². The third kappa shape index (κ3) is 2.95. The number of nitrogens with zero attached hydrogens (tertiary/aromatic N) is 4. The zero-order chi connectivity index (χ0) is 12.4. The van der Waals surface area contributed by atoms with Crippen molar-refractivity contribution in [2.45, 2.75) is 26.8 Å². The second-order valence-electron chi connectivity index (χ2n) is 5.05. The summed E-state index contributed by atoms with van der Waals surface area (Å²) in [5.74, 6) is 1.44. The topological polar surface area (TPSA) is 77.0 Å². The van der Waals surface area contributed by atoms with Crippen molar-refractivity contribution in [3.05, 3.63) is 6.33 Å². The number of piperidine rings is 1. The number of rotatable bonds is 2. The predicted molar refractivity (Wildman–Crippen MR) is 64.0 cm³/mol. The molecular weight excluding hydrogens is 218 g/mol. The predicted octanol–water partition coefficient (Wildman–Crippen LogP) is 0.365. The SMILES string of the molecule is CC1CC(C)CN(C(=O)Cn2cnc(N)n2)C1. The summed E-state index contributed by atoms with van der Waals surface area (Å²) >= 11 is 0. The molecule has 1 aliphatic rings. The van der Waals surface area contributed by atoms with Crippen LogP contribution in [0.15, 0.2) is 6.33 Å². The summed E-state index contributed by atoms with van der Waals surface area (Å²) in [6, 6.07) is 0. The van der Waals surface area contributed by atoms with Gasteiger partial charge in [0.05, 0.1) is 0 Å². The lowest BCUT2D eigenvalue weighted by Crippen LogP contribution is -2.44. The van der Waals surface area contributed by atoms with Crippen LogP contribution >= 0.6 is 0 Å². The third-order valence-corrected chi connectivity index (χ3v) is 3.07. The van der Waals surface area contributed by atoms with Gasteiger partial charge >= 0.3 is 0 Å². The third-order valence-electron chi connectivity index (χ3n) is 3.07. The van der Waals surface area contributed by atoms with Crippen molar-refractivity contribution < 1.29 is 4.79 Å². The Labute approximate surface area is 101 Å². The molecular formula is C11H19N5O. The van der Waals surface area contributed by atoms with Gasteiger partial charge in [-0.05, 0) is 18.3 Å². The van der Waals surface area contributed by atoms with Crippen LogP contribution in [0.4, 0.5) is 5.95 Å². The lowest BCUT2D eigenvalue weighted by atomic mass is 9.92. The van der Waals surface area contributed by atoms with E-state index in [1.807, 2.05) is 4.90 Å². The number of hydrogen-bond donors (Lipinski definition) is 1. The average Bonchev–Trinajstić information content (AvgIpc) is 2.62. The van der Waals surface area contributed by atoms with Gasteiger partial charge in [0, 0.05) is 13.1 Å². The molecule has 0 radical (unpaired) electrons. The molecule has 0 aromatic carbocycles. The van der Waals surface area contributed by atoms with Crippen molar-refractivity contribution in [2.24, 2.45) is 11.8 Å². The molecule has 1 aliphatic heterocycles. The minimum atomic E-state index is 0.0910. The summed E-state index contributed by atoms with van der Waals surface area (Å²) in [6.45, 7) is 6.27. The van der Waals surface area contributed by atoms with Crippen LogP contribution in [0.3, 0.4) is 0 Å². The van der Waals surface area contributed by atoms with E-state index in [0.29, 0.717) is 11.8 Å². The maximum Gasteiger partial charge on any atom is 0.244 e. The molecule has 2 rings (SSSR count). The van der Waals surface area contributed by atoms with Crippen molar-refractivity contribution in [3.8, 4) is 0 Å². The average molecular weight is 237 g/mol. The molecule has 2 atom stereocenters. The fourth-order valence-corrected chi connectivity index (χ4v) is 2.49. The van der Waals surface area contributed by atoms with E-state index in [-0.39, 0.29) is 18.4 Å². The zero-order valence-corrected chi connectivity index (χ0v) is 10.3. The van der Waals surface area contributed by atoms with Crippen LogP contribution in [0.25, 0.3) is 0 Å². The first-order valence-corrected chi connectivity index (χ1v) is 5.97. The largest absolute Gasteiger partial charge is 0.367 e. The van der Waals surface area contributed by atoms with Crippen LogP contribution in [0, 0.1) is 11.8 Å². The Hall–Kier alpha value is -1.59. The lowest BCUT2D eigenvalue weighted by molar-refractivity contribution is -0.134. The fourth-order valence-electron chi connectivity index (χ4n) is 2.49. The summed E-state index contributed by atoms with van der Waals surface area (Å²) in [6.07, 6.45) is 2.68. The quantitative estimate of drug-likeness (QED) is 0.806. The smallest absolute Gasteiger partial charge is 0.244 e. The second kappa shape index (κ2) is 4.73. The van der Waals surface area contributed by atoms with Gasteiger partial charge in [0.1, 0.15) is 12.9 Å². The number of anilines is 1. The maximum atomic E-state index is 12.1. The van der Waals surface area contributed by atoms with Crippen LogP contribution < -0.4 is 5.73 Å². The van der Waals surface area contributed by atoms with E-state index >= 15 is 0 Å². The summed E-state index contributed by atoms with van der Waals surface area (Å²) in [5, 5.41) is 3.92. The van der Waals surface area contributed by atoms with Crippen molar-refractivity contribution >= 4 is 11.9 Å². The normalized spacial score (nSPS) is 24.9. The van der Waals surface area contributed by atoms with E-state index in [9.17, 15) is 4.79 Å². The van der Waals surface area contributed by atoms with Gasteiger partial charge in [0.2, 0.25) is 11.9 Å². The Bertz CT molecular complexity index is 392. The van der Waals surface area contributed by atoms with E-state index in [4.69, 9.17) is 5.73 Å². The summed E-state index contributed by atoms with van der Waals surface area (Å²) in [5.41, 5.74) is 5.41. The van der Waals surface area contributed by atoms with E-state index in [2.05, 4.69) is 23.9 Å². The monoisotopic (exact) mass is 237 g/mol. The first-order valence-electron chi connectivity index (χ1n) is 5.97. The highest BCUT2D eigenvalue weighted by molar-refractivity contribution is 5.76. The van der Waals surface area contributed by atoms with Crippen molar-refractivity contribution in [1.29, 1.82) is 0 Å². The van der Waals surface area contributed by atoms with Crippen molar-refractivity contribution in [3.63, 3.8) is 0 Å². The van der Waals surface area contributed by atoms with Gasteiger partial charge in [-0.3, -0.25) is 4.79 Å². The molecule has 2 heterocycles. The molecule has 17 heavy (non-hydrogen) atoms. The molecule has 0 aliphatic carbocycles. The van der Waals surface area contributed by atoms with E-state index in [1.54, 1.807) is 0 Å². The van der Waals surface area contributed by atoms with E-state index < -0.39 is 0 Å². The fraction of sp³-hybridized carbons (Fsp3) is 0.727. The Morgan fingerprint density at radius 2 is 2.12 bits per heavy atom. The molecule has 94 valence electrons. The Balaban J connectivity index is 1.95. The lowest BCUT2D eigenvalue weighted by Gasteiger charge is -2.34. The first kappa shape index (κ1) is 11.9. The Kier molecular flexibility index (Phi) is 3.31. The molecule has 1 amide bonds. The molecule has 6 heteroatoms. The molecule has 2 N–H and O–H groups in total. The highest BCUT2D eigenvalue weighted by Crippen LogP contribution is 2.21. The Morgan fingerprint density at radius 3 is 2.65 bits per heavy atom. The summed E-state index contributed by atoms with van der Waals surface area (Å²) in [4.78, 5) is 17.8. The van der Waals surface area contributed by atoms with E-state index in [1.165, 1.54) is 17.4 Å². The highest BCUT2D eigenvalue weighted by Gasteiger charge is 2.25. The molecule has 1 aromatic rings. The summed E-state index contributed by atoms with van der Waals surface area (Å²) in [7, 11) is 0. The minimum Gasteiger partial charge on any atom is -0.367 e. The molecule has 0 spiro atoms. The van der Waals surface area contributed by atoms with Crippen molar-refractivity contribution in [2.75, 3.05) is 18.8 Å². The number of nitrogen functional groups attached to an aromatic ring is 1. The number of carbonyl (C=O) groups is 1. The van der Waals surface area contributed by atoms with Gasteiger partial charge in [0.15, 0.2) is 0 Å². The van der Waals surface area contributed by atoms with Gasteiger partial charge in [-0.15, -0.1) is 5.10 Å². The number of aromatic nitrogens is 3. The molecule has 0 saturated carbocycles.